The number of H-pyrrole nitrogens is 1. The SMILES string of the molecule is Cc1n[nH]nc1-c1ccc(C(=O)Nc2nc3cc(NCC(=O)c4ccccc4)ccc3n2CC(C)(C)O)s1. The van der Waals surface area contributed by atoms with Gasteiger partial charge in [-0.25, -0.2) is 4.98 Å². The molecule has 5 aromatic rings. The lowest BCUT2D eigenvalue weighted by Gasteiger charge is -2.20. The average Bonchev–Trinajstić information content (AvgIpc) is 3.61. The zero-order valence-electron chi connectivity index (χ0n) is 21.1. The first kappa shape index (κ1) is 25.3. The number of benzene rings is 2. The Labute approximate surface area is 222 Å². The Morgan fingerprint density at radius 1 is 1.08 bits per heavy atom. The summed E-state index contributed by atoms with van der Waals surface area (Å²) in [5.74, 6) is -0.0268. The number of aromatic amines is 1. The molecule has 1 amide bonds. The molecule has 194 valence electrons. The highest BCUT2D eigenvalue weighted by atomic mass is 32.1. The maximum absolute atomic E-state index is 13.1. The second-order valence-electron chi connectivity index (χ2n) is 9.56. The van der Waals surface area contributed by atoms with Gasteiger partial charge in [0.15, 0.2) is 5.78 Å². The molecule has 0 aliphatic heterocycles. The topological polar surface area (TPSA) is 138 Å². The van der Waals surface area contributed by atoms with Gasteiger partial charge in [-0.1, -0.05) is 30.3 Å². The predicted octanol–water partition coefficient (Wildman–Crippen LogP) is 4.51. The number of Topliss-reactive ketones (excluding diaryl/α,β-unsaturated/α-hetero) is 1. The number of nitrogens with zero attached hydrogens (tertiary/aromatic N) is 4. The summed E-state index contributed by atoms with van der Waals surface area (Å²) in [5, 5.41) is 27.4. The number of rotatable bonds is 9. The maximum atomic E-state index is 13.1. The molecular formula is C27H27N7O3S. The van der Waals surface area contributed by atoms with Crippen LogP contribution in [0.15, 0.2) is 60.7 Å². The Morgan fingerprint density at radius 2 is 1.87 bits per heavy atom. The van der Waals surface area contributed by atoms with E-state index in [-0.39, 0.29) is 24.8 Å². The highest BCUT2D eigenvalue weighted by Crippen LogP contribution is 2.30. The molecule has 2 aromatic carbocycles. The number of fused-ring (bicyclic) bond motifs is 1. The number of aliphatic hydroxyl groups is 1. The number of imidazole rings is 1. The van der Waals surface area contributed by atoms with Gasteiger partial charge >= 0.3 is 0 Å². The van der Waals surface area contributed by atoms with Crippen LogP contribution < -0.4 is 10.6 Å². The molecule has 3 heterocycles. The lowest BCUT2D eigenvalue weighted by atomic mass is 10.1. The number of carbonyl (C=O) groups is 2. The molecule has 38 heavy (non-hydrogen) atoms. The van der Waals surface area contributed by atoms with Crippen molar-refractivity contribution in [3.63, 3.8) is 0 Å². The third kappa shape index (κ3) is 5.48. The number of amides is 1. The Bertz CT molecular complexity index is 1610. The quantitative estimate of drug-likeness (QED) is 0.206. The molecule has 10 nitrogen and oxygen atoms in total. The van der Waals surface area contributed by atoms with Crippen LogP contribution in [0.25, 0.3) is 21.6 Å². The van der Waals surface area contributed by atoms with Gasteiger partial charge in [0.2, 0.25) is 5.95 Å². The smallest absolute Gasteiger partial charge is 0.268 e. The summed E-state index contributed by atoms with van der Waals surface area (Å²) in [5.41, 5.74) is 3.12. The van der Waals surface area contributed by atoms with E-state index in [1.165, 1.54) is 11.3 Å². The highest BCUT2D eigenvalue weighted by molar-refractivity contribution is 7.17. The number of hydrogen-bond donors (Lipinski definition) is 4. The first-order chi connectivity index (χ1) is 18.2. The fourth-order valence-electron chi connectivity index (χ4n) is 4.06. The fraction of sp³-hybridized carbons (Fsp3) is 0.222. The third-order valence-electron chi connectivity index (χ3n) is 5.85. The van der Waals surface area contributed by atoms with Gasteiger partial charge in [0.1, 0.15) is 5.69 Å². The summed E-state index contributed by atoms with van der Waals surface area (Å²) < 4.78 is 1.78. The van der Waals surface area contributed by atoms with E-state index in [9.17, 15) is 14.7 Å². The Hall–Kier alpha value is -4.35. The lowest BCUT2D eigenvalue weighted by molar-refractivity contribution is 0.0630. The van der Waals surface area contributed by atoms with Crippen molar-refractivity contribution in [3.8, 4) is 10.6 Å². The van der Waals surface area contributed by atoms with E-state index in [1.807, 2.05) is 49.4 Å². The number of carbonyl (C=O) groups excluding carboxylic acids is 2. The largest absolute Gasteiger partial charge is 0.389 e. The van der Waals surface area contributed by atoms with Gasteiger partial charge in [-0.15, -0.1) is 11.3 Å². The van der Waals surface area contributed by atoms with E-state index < -0.39 is 5.60 Å². The molecule has 0 spiro atoms. The minimum atomic E-state index is -1.05. The normalized spacial score (nSPS) is 11.6. The van der Waals surface area contributed by atoms with Crippen LogP contribution in [-0.2, 0) is 6.54 Å². The van der Waals surface area contributed by atoms with Gasteiger partial charge < -0.3 is 15.0 Å². The van der Waals surface area contributed by atoms with Gasteiger partial charge in [-0.3, -0.25) is 14.9 Å². The second-order valence-corrected chi connectivity index (χ2v) is 10.6. The molecule has 0 fully saturated rings. The van der Waals surface area contributed by atoms with Crippen LogP contribution in [0.4, 0.5) is 11.6 Å². The standard InChI is InChI=1S/C27H27N7O3S/c1-16-24(32-33-31-16)22-11-12-23(38-22)25(36)30-26-29-19-13-18(9-10-20(19)34(26)15-27(2,3)37)28-14-21(35)17-7-5-4-6-8-17/h4-13,28,37H,14-15H2,1-3H3,(H,29,30,36)(H,31,32,33). The van der Waals surface area contributed by atoms with Crippen LogP contribution in [-0.4, -0.2) is 53.9 Å². The zero-order valence-corrected chi connectivity index (χ0v) is 22.0. The van der Waals surface area contributed by atoms with E-state index in [1.54, 1.807) is 36.6 Å². The number of hydrogen-bond acceptors (Lipinski definition) is 8. The second kappa shape index (κ2) is 10.2. The van der Waals surface area contributed by atoms with Crippen molar-refractivity contribution in [2.24, 2.45) is 0 Å². The minimum Gasteiger partial charge on any atom is -0.389 e. The van der Waals surface area contributed by atoms with Crippen LogP contribution in [0.5, 0.6) is 0 Å². The van der Waals surface area contributed by atoms with E-state index in [0.717, 1.165) is 21.8 Å². The Kier molecular flexibility index (Phi) is 6.79. The molecule has 0 radical (unpaired) electrons. The molecule has 11 heteroatoms. The Balaban J connectivity index is 1.39. The van der Waals surface area contributed by atoms with Gasteiger partial charge in [0.05, 0.1) is 45.2 Å². The minimum absolute atomic E-state index is 0.0256. The number of anilines is 2. The van der Waals surface area contributed by atoms with Crippen molar-refractivity contribution in [1.29, 1.82) is 0 Å². The van der Waals surface area contributed by atoms with Crippen LogP contribution in [0.2, 0.25) is 0 Å². The first-order valence-electron chi connectivity index (χ1n) is 12.0. The molecule has 0 saturated heterocycles. The van der Waals surface area contributed by atoms with Crippen molar-refractivity contribution < 1.29 is 14.7 Å². The molecule has 0 atom stereocenters. The van der Waals surface area contributed by atoms with E-state index in [4.69, 9.17) is 0 Å². The van der Waals surface area contributed by atoms with E-state index >= 15 is 0 Å². The maximum Gasteiger partial charge on any atom is 0.268 e. The van der Waals surface area contributed by atoms with Crippen LogP contribution in [0.1, 0.15) is 39.6 Å². The van der Waals surface area contributed by atoms with E-state index in [2.05, 4.69) is 31.0 Å². The summed E-state index contributed by atoms with van der Waals surface area (Å²) in [4.78, 5) is 31.6. The van der Waals surface area contributed by atoms with Crippen molar-refractivity contribution >= 4 is 45.7 Å². The number of aryl methyl sites for hydroxylation is 1. The van der Waals surface area contributed by atoms with Gasteiger partial charge in [-0.05, 0) is 51.1 Å². The lowest BCUT2D eigenvalue weighted by Crippen LogP contribution is -2.27. The molecule has 4 N–H and O–H groups in total. The molecule has 0 aliphatic rings. The highest BCUT2D eigenvalue weighted by Gasteiger charge is 2.22. The number of ketones is 1. The zero-order chi connectivity index (χ0) is 26.9. The third-order valence-corrected chi connectivity index (χ3v) is 6.94. The van der Waals surface area contributed by atoms with Crippen molar-refractivity contribution in [1.82, 2.24) is 25.0 Å². The molecule has 0 aliphatic carbocycles. The number of nitrogens with one attached hydrogen (secondary N) is 3. The molecule has 3 aromatic heterocycles. The fourth-order valence-corrected chi connectivity index (χ4v) is 5.00. The van der Waals surface area contributed by atoms with Crippen LogP contribution in [0.3, 0.4) is 0 Å². The summed E-state index contributed by atoms with van der Waals surface area (Å²) in [6, 6.07) is 18.2. The molecule has 0 unspecified atom stereocenters. The monoisotopic (exact) mass is 529 g/mol. The number of thiophene rings is 1. The summed E-state index contributed by atoms with van der Waals surface area (Å²) >= 11 is 1.30. The molecule has 0 saturated carbocycles. The van der Waals surface area contributed by atoms with E-state index in [0.29, 0.717) is 27.6 Å². The van der Waals surface area contributed by atoms with Crippen molar-refractivity contribution in [3.05, 3.63) is 76.8 Å². The number of aromatic nitrogens is 5. The predicted molar refractivity (Wildman–Crippen MR) is 148 cm³/mol. The molecule has 5 rings (SSSR count). The first-order valence-corrected chi connectivity index (χ1v) is 12.8. The van der Waals surface area contributed by atoms with Crippen molar-refractivity contribution in [2.75, 3.05) is 17.2 Å². The Morgan fingerprint density at radius 3 is 2.58 bits per heavy atom. The summed E-state index contributed by atoms with van der Waals surface area (Å²) in [6.07, 6.45) is 0. The van der Waals surface area contributed by atoms with Gasteiger partial charge in [0, 0.05) is 11.3 Å². The van der Waals surface area contributed by atoms with Crippen LogP contribution >= 0.6 is 11.3 Å². The van der Waals surface area contributed by atoms with Crippen LogP contribution in [0, 0.1) is 6.92 Å². The van der Waals surface area contributed by atoms with Gasteiger partial charge in [-0.2, -0.15) is 15.4 Å². The van der Waals surface area contributed by atoms with Gasteiger partial charge in [0.25, 0.3) is 5.91 Å². The molecular weight excluding hydrogens is 502 g/mol. The molecule has 0 bridgehead atoms. The summed E-state index contributed by atoms with van der Waals surface area (Å²) in [6.45, 7) is 5.59. The van der Waals surface area contributed by atoms with Crippen molar-refractivity contribution in [2.45, 2.75) is 32.9 Å². The summed E-state index contributed by atoms with van der Waals surface area (Å²) in [7, 11) is 0. The average molecular weight is 530 g/mol.